The molecule has 3 N–H and O–H groups in total. The summed E-state index contributed by atoms with van der Waals surface area (Å²) in [6, 6.07) is 0.133. The van der Waals surface area contributed by atoms with Gasteiger partial charge in [-0.1, -0.05) is 52.4 Å². The van der Waals surface area contributed by atoms with E-state index < -0.39 is 13.4 Å². The van der Waals surface area contributed by atoms with Crippen LogP contribution in [0.4, 0.5) is 0 Å². The lowest BCUT2D eigenvalue weighted by atomic mass is 9.77. The summed E-state index contributed by atoms with van der Waals surface area (Å²) in [4.78, 5) is 22.2. The van der Waals surface area contributed by atoms with E-state index in [-0.39, 0.29) is 17.1 Å². The number of hydrogen-bond acceptors (Lipinski definition) is 3. The highest BCUT2D eigenvalue weighted by molar-refractivity contribution is 7.52. The molecule has 1 aliphatic rings. The Hall–Kier alpha value is 0.0700. The van der Waals surface area contributed by atoms with Gasteiger partial charge in [-0.05, 0) is 59.9 Å². The van der Waals surface area contributed by atoms with Crippen LogP contribution >= 0.6 is 7.60 Å². The van der Waals surface area contributed by atoms with Crippen LogP contribution in [-0.4, -0.2) is 44.6 Å². The Morgan fingerprint density at radius 1 is 1.00 bits per heavy atom. The Balaban J connectivity index is 2.60. The van der Waals surface area contributed by atoms with Gasteiger partial charge < -0.3 is 15.1 Å². The summed E-state index contributed by atoms with van der Waals surface area (Å²) in [7, 11) is -2.00. The van der Waals surface area contributed by atoms with E-state index in [0.29, 0.717) is 6.42 Å². The van der Waals surface area contributed by atoms with E-state index in [2.05, 4.69) is 58.8 Å². The average molecular weight is 405 g/mol. The summed E-state index contributed by atoms with van der Waals surface area (Å²) in [6.07, 6.45) is 9.14. The molecule has 0 amide bonds. The molecule has 0 bridgehead atoms. The van der Waals surface area contributed by atoms with E-state index in [0.717, 1.165) is 38.0 Å². The molecule has 6 heteroatoms. The number of likely N-dealkylation sites (tertiary alicyclic amines) is 1. The maximum Gasteiger partial charge on any atom is 0.342 e. The topological polar surface area (TPSA) is 72.8 Å². The third kappa shape index (κ3) is 7.78. The van der Waals surface area contributed by atoms with Gasteiger partial charge >= 0.3 is 7.60 Å². The molecule has 0 radical (unpaired) electrons. The van der Waals surface area contributed by atoms with Crippen molar-refractivity contribution in [3.8, 4) is 0 Å². The maximum absolute atomic E-state index is 12.1. The molecule has 1 rings (SSSR count). The van der Waals surface area contributed by atoms with E-state index in [1.54, 1.807) is 0 Å². The molecule has 5 nitrogen and oxygen atoms in total. The standard InChI is InChI=1S/C21H45N2O3P/c1-8-17(9-2)13-11-10-12-14-19(27(24,25)26)22-18-15-20(3,4)23(7)21(5,6)16-18/h17-19,22H,8-16H2,1-7H3,(H2,24,25,26). The molecule has 1 heterocycles. The fraction of sp³-hybridized carbons (Fsp3) is 1.00. The number of nitrogens with one attached hydrogen (secondary N) is 1. The predicted octanol–water partition coefficient (Wildman–Crippen LogP) is 5.12. The average Bonchev–Trinajstić information content (AvgIpc) is 2.53. The zero-order valence-electron chi connectivity index (χ0n) is 18.8. The first-order valence-corrected chi connectivity index (χ1v) is 12.6. The summed E-state index contributed by atoms with van der Waals surface area (Å²) in [6.45, 7) is 13.3. The maximum atomic E-state index is 12.1. The van der Waals surface area contributed by atoms with Gasteiger partial charge in [0.2, 0.25) is 0 Å². The number of unbranched alkanes of at least 4 members (excludes halogenated alkanes) is 2. The molecule has 1 atom stereocenters. The van der Waals surface area contributed by atoms with Crippen molar-refractivity contribution in [3.63, 3.8) is 0 Å². The second-order valence-electron chi connectivity index (χ2n) is 9.88. The molecular formula is C21H45N2O3P. The molecule has 1 fully saturated rings. The van der Waals surface area contributed by atoms with E-state index in [1.165, 1.54) is 19.3 Å². The number of nitrogens with zero attached hydrogens (tertiary/aromatic N) is 1. The third-order valence-corrected chi connectivity index (χ3v) is 8.11. The molecule has 0 aromatic carbocycles. The minimum absolute atomic E-state index is 0.00812. The Bertz CT molecular complexity index is 468. The van der Waals surface area contributed by atoms with Crippen molar-refractivity contribution in [2.75, 3.05) is 7.05 Å². The SMILES string of the molecule is CCC(CC)CCCCCC(NC1CC(C)(C)N(C)C(C)(C)C1)P(=O)(O)O. The van der Waals surface area contributed by atoms with Crippen LogP contribution < -0.4 is 5.32 Å². The second kappa shape index (κ2) is 10.2. The smallest absolute Gasteiger partial charge is 0.323 e. The van der Waals surface area contributed by atoms with E-state index >= 15 is 0 Å². The van der Waals surface area contributed by atoms with Crippen molar-refractivity contribution in [1.29, 1.82) is 0 Å². The lowest BCUT2D eigenvalue weighted by Crippen LogP contribution is -2.62. The van der Waals surface area contributed by atoms with Gasteiger partial charge in [0.25, 0.3) is 0 Å². The Morgan fingerprint density at radius 2 is 1.48 bits per heavy atom. The van der Waals surface area contributed by atoms with Crippen molar-refractivity contribution in [2.24, 2.45) is 5.92 Å². The molecule has 162 valence electrons. The molecule has 1 unspecified atom stereocenters. The molecule has 1 saturated heterocycles. The fourth-order valence-corrected chi connectivity index (χ4v) is 5.68. The van der Waals surface area contributed by atoms with Gasteiger partial charge in [0.05, 0.1) is 0 Å². The highest BCUT2D eigenvalue weighted by Crippen LogP contribution is 2.44. The van der Waals surface area contributed by atoms with Crippen molar-refractivity contribution >= 4 is 7.60 Å². The van der Waals surface area contributed by atoms with Crippen LogP contribution in [0.15, 0.2) is 0 Å². The summed E-state index contributed by atoms with van der Waals surface area (Å²) < 4.78 is 12.1. The van der Waals surface area contributed by atoms with Gasteiger partial charge in [-0.2, -0.15) is 0 Å². The highest BCUT2D eigenvalue weighted by Gasteiger charge is 2.44. The van der Waals surface area contributed by atoms with E-state index in [1.807, 2.05) is 0 Å². The molecule has 27 heavy (non-hydrogen) atoms. The zero-order chi connectivity index (χ0) is 20.9. The fourth-order valence-electron chi connectivity index (χ4n) is 4.75. The van der Waals surface area contributed by atoms with E-state index in [4.69, 9.17) is 0 Å². The van der Waals surface area contributed by atoms with Gasteiger partial charge in [0.1, 0.15) is 5.78 Å². The normalized spacial score (nSPS) is 22.3. The molecule has 0 aliphatic carbocycles. The molecular weight excluding hydrogens is 359 g/mol. The predicted molar refractivity (Wildman–Crippen MR) is 115 cm³/mol. The summed E-state index contributed by atoms with van der Waals surface area (Å²) in [5.74, 6) is 0.0787. The zero-order valence-corrected chi connectivity index (χ0v) is 19.7. The number of hydrogen-bond donors (Lipinski definition) is 3. The molecule has 1 aliphatic heterocycles. The highest BCUT2D eigenvalue weighted by atomic mass is 31.2. The van der Waals surface area contributed by atoms with Gasteiger partial charge in [-0.25, -0.2) is 0 Å². The molecule has 0 aromatic rings. The van der Waals surface area contributed by atoms with Crippen LogP contribution in [0, 0.1) is 5.92 Å². The summed E-state index contributed by atoms with van der Waals surface area (Å²) in [5.41, 5.74) is 0.0162. The lowest BCUT2D eigenvalue weighted by Gasteiger charge is -2.54. The Morgan fingerprint density at radius 3 is 1.93 bits per heavy atom. The van der Waals surface area contributed by atoms with Crippen LogP contribution in [0.3, 0.4) is 0 Å². The van der Waals surface area contributed by atoms with Crippen molar-refractivity contribution in [3.05, 3.63) is 0 Å². The summed E-state index contributed by atoms with van der Waals surface area (Å²) in [5, 5.41) is 3.36. The second-order valence-corrected chi connectivity index (χ2v) is 11.7. The van der Waals surface area contributed by atoms with Crippen LogP contribution in [0.5, 0.6) is 0 Å². The molecule has 0 saturated carbocycles. The van der Waals surface area contributed by atoms with Gasteiger partial charge in [-0.15, -0.1) is 0 Å². The van der Waals surface area contributed by atoms with Crippen LogP contribution in [0.25, 0.3) is 0 Å². The van der Waals surface area contributed by atoms with Crippen molar-refractivity contribution in [1.82, 2.24) is 10.2 Å². The van der Waals surface area contributed by atoms with Crippen molar-refractivity contribution < 1.29 is 14.4 Å². The van der Waals surface area contributed by atoms with Gasteiger partial charge in [0.15, 0.2) is 0 Å². The Kier molecular flexibility index (Phi) is 9.49. The van der Waals surface area contributed by atoms with Crippen molar-refractivity contribution in [2.45, 2.75) is 122 Å². The first kappa shape index (κ1) is 25.1. The third-order valence-electron chi connectivity index (χ3n) is 6.89. The van der Waals surface area contributed by atoms with E-state index in [9.17, 15) is 14.4 Å². The minimum atomic E-state index is -4.15. The monoisotopic (exact) mass is 404 g/mol. The van der Waals surface area contributed by atoms with Crippen LogP contribution in [0.2, 0.25) is 0 Å². The summed E-state index contributed by atoms with van der Waals surface area (Å²) >= 11 is 0. The Labute approximate surface area is 167 Å². The quantitative estimate of drug-likeness (QED) is 0.329. The first-order valence-electron chi connectivity index (χ1n) is 10.9. The van der Waals surface area contributed by atoms with Crippen LogP contribution in [-0.2, 0) is 4.57 Å². The largest absolute Gasteiger partial charge is 0.342 e. The van der Waals surface area contributed by atoms with Gasteiger partial charge in [-0.3, -0.25) is 9.46 Å². The minimum Gasteiger partial charge on any atom is -0.323 e. The molecule has 0 spiro atoms. The molecule has 0 aromatic heterocycles. The number of rotatable bonds is 11. The number of piperidine rings is 1. The first-order chi connectivity index (χ1) is 12.3. The lowest BCUT2D eigenvalue weighted by molar-refractivity contribution is -0.0192. The van der Waals surface area contributed by atoms with Gasteiger partial charge in [0, 0.05) is 17.1 Å². The van der Waals surface area contributed by atoms with Crippen LogP contribution in [0.1, 0.15) is 99.3 Å².